The molecule has 0 aliphatic carbocycles. The van der Waals surface area contributed by atoms with Crippen LogP contribution in [0.1, 0.15) is 18.0 Å². The van der Waals surface area contributed by atoms with E-state index in [0.717, 1.165) is 0 Å². The molecule has 0 bridgehead atoms. The van der Waals surface area contributed by atoms with Gasteiger partial charge in [-0.2, -0.15) is 0 Å². The first-order chi connectivity index (χ1) is 6.15. The Bertz CT molecular complexity index is 291. The zero-order valence-corrected chi connectivity index (χ0v) is 7.89. The molecule has 0 radical (unpaired) electrons. The van der Waals surface area contributed by atoms with Crippen LogP contribution in [0, 0.1) is 0 Å². The van der Waals surface area contributed by atoms with Gasteiger partial charge in [-0.3, -0.25) is 4.39 Å². The summed E-state index contributed by atoms with van der Waals surface area (Å²) in [5.74, 6) is 0. The summed E-state index contributed by atoms with van der Waals surface area (Å²) in [6.45, 7) is -0.451. The second-order valence-electron chi connectivity index (χ2n) is 2.86. The van der Waals surface area contributed by atoms with E-state index < -0.39 is 6.67 Å². The third kappa shape index (κ3) is 2.57. The van der Waals surface area contributed by atoms with Crippen molar-refractivity contribution in [1.82, 2.24) is 0 Å². The summed E-state index contributed by atoms with van der Waals surface area (Å²) in [6.07, 6.45) is 0.268. The topological polar surface area (TPSA) is 52.0 Å². The summed E-state index contributed by atoms with van der Waals surface area (Å²) < 4.78 is 12.0. The maximum atomic E-state index is 12.0. The summed E-state index contributed by atoms with van der Waals surface area (Å²) in [6, 6.07) is 4.67. The predicted molar refractivity (Wildman–Crippen MR) is 53.4 cm³/mol. The molecule has 1 aromatic carbocycles. The molecule has 13 heavy (non-hydrogen) atoms. The molecular formula is C9H12ClFN2. The minimum absolute atomic E-state index is 0.268. The van der Waals surface area contributed by atoms with Crippen molar-refractivity contribution in [1.29, 1.82) is 0 Å². The average molecular weight is 203 g/mol. The normalized spacial score (nSPS) is 12.8. The number of benzene rings is 1. The maximum absolute atomic E-state index is 12.0. The molecule has 0 heterocycles. The van der Waals surface area contributed by atoms with Gasteiger partial charge in [-0.25, -0.2) is 0 Å². The zero-order chi connectivity index (χ0) is 9.84. The van der Waals surface area contributed by atoms with Crippen LogP contribution < -0.4 is 11.5 Å². The number of halogens is 2. The number of nitrogen functional groups attached to an aromatic ring is 1. The average Bonchev–Trinajstić information content (AvgIpc) is 2.09. The summed E-state index contributed by atoms with van der Waals surface area (Å²) in [5.41, 5.74) is 12.6. The Morgan fingerprint density at radius 2 is 2.15 bits per heavy atom. The standard InChI is InChI=1S/C9H12ClFN2/c10-6-1-2-8(12)7(5-6)9(13)3-4-11/h1-2,5,9H,3-4,12-13H2/t9-/m0/s1. The van der Waals surface area contributed by atoms with Crippen LogP contribution in [-0.2, 0) is 0 Å². The van der Waals surface area contributed by atoms with Gasteiger partial charge in [0.15, 0.2) is 0 Å². The fraction of sp³-hybridized carbons (Fsp3) is 0.333. The first kappa shape index (κ1) is 10.3. The molecule has 0 aliphatic rings. The van der Waals surface area contributed by atoms with Crippen LogP contribution in [0.3, 0.4) is 0 Å². The lowest BCUT2D eigenvalue weighted by molar-refractivity contribution is 0.442. The molecular weight excluding hydrogens is 191 g/mol. The SMILES string of the molecule is Nc1ccc(Cl)cc1[C@@H](N)CCF. The quantitative estimate of drug-likeness (QED) is 0.739. The number of rotatable bonds is 3. The first-order valence-electron chi connectivity index (χ1n) is 4.01. The number of anilines is 1. The van der Waals surface area contributed by atoms with Crippen LogP contribution in [-0.4, -0.2) is 6.67 Å². The summed E-state index contributed by atoms with van der Waals surface area (Å²) in [7, 11) is 0. The molecule has 2 nitrogen and oxygen atoms in total. The Hall–Kier alpha value is -0.800. The highest BCUT2D eigenvalue weighted by molar-refractivity contribution is 6.30. The molecule has 0 saturated heterocycles. The first-order valence-corrected chi connectivity index (χ1v) is 4.39. The maximum Gasteiger partial charge on any atom is 0.0912 e. The molecule has 1 atom stereocenters. The van der Waals surface area contributed by atoms with E-state index in [1.807, 2.05) is 0 Å². The van der Waals surface area contributed by atoms with Crippen LogP contribution in [0.15, 0.2) is 18.2 Å². The Morgan fingerprint density at radius 1 is 1.46 bits per heavy atom. The van der Waals surface area contributed by atoms with Crippen molar-refractivity contribution in [2.45, 2.75) is 12.5 Å². The van der Waals surface area contributed by atoms with Crippen molar-refractivity contribution in [3.05, 3.63) is 28.8 Å². The molecule has 1 aromatic rings. The van der Waals surface area contributed by atoms with Gasteiger partial charge in [-0.1, -0.05) is 11.6 Å². The van der Waals surface area contributed by atoms with Gasteiger partial charge in [0.05, 0.1) is 6.67 Å². The highest BCUT2D eigenvalue weighted by Gasteiger charge is 2.09. The van der Waals surface area contributed by atoms with Crippen molar-refractivity contribution in [3.63, 3.8) is 0 Å². The Morgan fingerprint density at radius 3 is 2.77 bits per heavy atom. The number of hydrogen-bond acceptors (Lipinski definition) is 2. The van der Waals surface area contributed by atoms with Crippen molar-refractivity contribution in [2.75, 3.05) is 12.4 Å². The number of alkyl halides is 1. The second kappa shape index (κ2) is 4.44. The number of hydrogen-bond donors (Lipinski definition) is 2. The van der Waals surface area contributed by atoms with E-state index in [1.165, 1.54) is 0 Å². The lowest BCUT2D eigenvalue weighted by Gasteiger charge is -2.12. The molecule has 72 valence electrons. The van der Waals surface area contributed by atoms with Crippen LogP contribution in [0.2, 0.25) is 5.02 Å². The molecule has 4 N–H and O–H groups in total. The molecule has 0 fully saturated rings. The third-order valence-corrected chi connectivity index (χ3v) is 2.10. The van der Waals surface area contributed by atoms with E-state index in [2.05, 4.69) is 0 Å². The van der Waals surface area contributed by atoms with Gasteiger partial charge in [0.1, 0.15) is 0 Å². The Labute approximate surface area is 81.7 Å². The van der Waals surface area contributed by atoms with Crippen molar-refractivity contribution in [3.8, 4) is 0 Å². The van der Waals surface area contributed by atoms with Gasteiger partial charge in [0.2, 0.25) is 0 Å². The van der Waals surface area contributed by atoms with E-state index in [9.17, 15) is 4.39 Å². The molecule has 0 spiro atoms. The minimum atomic E-state index is -0.451. The fourth-order valence-corrected chi connectivity index (χ4v) is 1.32. The van der Waals surface area contributed by atoms with Crippen LogP contribution >= 0.6 is 11.6 Å². The van der Waals surface area contributed by atoms with Gasteiger partial charge < -0.3 is 11.5 Å². The molecule has 0 amide bonds. The van der Waals surface area contributed by atoms with Crippen LogP contribution in [0.4, 0.5) is 10.1 Å². The monoisotopic (exact) mass is 202 g/mol. The van der Waals surface area contributed by atoms with E-state index in [1.54, 1.807) is 18.2 Å². The van der Waals surface area contributed by atoms with Gasteiger partial charge in [-0.15, -0.1) is 0 Å². The molecule has 1 rings (SSSR count). The van der Waals surface area contributed by atoms with E-state index >= 15 is 0 Å². The van der Waals surface area contributed by atoms with Crippen LogP contribution in [0.25, 0.3) is 0 Å². The molecule has 0 aromatic heterocycles. The molecule has 0 unspecified atom stereocenters. The van der Waals surface area contributed by atoms with E-state index in [4.69, 9.17) is 23.1 Å². The van der Waals surface area contributed by atoms with Gasteiger partial charge in [-0.05, 0) is 30.2 Å². The van der Waals surface area contributed by atoms with E-state index in [-0.39, 0.29) is 12.5 Å². The van der Waals surface area contributed by atoms with Crippen molar-refractivity contribution < 1.29 is 4.39 Å². The van der Waals surface area contributed by atoms with E-state index in [0.29, 0.717) is 16.3 Å². The molecule has 0 aliphatic heterocycles. The smallest absolute Gasteiger partial charge is 0.0912 e. The number of nitrogens with two attached hydrogens (primary N) is 2. The third-order valence-electron chi connectivity index (χ3n) is 1.87. The van der Waals surface area contributed by atoms with Crippen LogP contribution in [0.5, 0.6) is 0 Å². The van der Waals surface area contributed by atoms with Gasteiger partial charge in [0.25, 0.3) is 0 Å². The summed E-state index contributed by atoms with van der Waals surface area (Å²) in [4.78, 5) is 0. The Kier molecular flexibility index (Phi) is 3.51. The minimum Gasteiger partial charge on any atom is -0.398 e. The van der Waals surface area contributed by atoms with Gasteiger partial charge >= 0.3 is 0 Å². The van der Waals surface area contributed by atoms with Crippen molar-refractivity contribution in [2.24, 2.45) is 5.73 Å². The highest BCUT2D eigenvalue weighted by atomic mass is 35.5. The summed E-state index contributed by atoms with van der Waals surface area (Å²) in [5, 5.41) is 0.568. The molecule has 0 saturated carbocycles. The lowest BCUT2D eigenvalue weighted by Crippen LogP contribution is -2.13. The predicted octanol–water partition coefficient (Wildman–Crippen LogP) is 2.28. The van der Waals surface area contributed by atoms with Gasteiger partial charge in [0, 0.05) is 16.8 Å². The fourth-order valence-electron chi connectivity index (χ4n) is 1.14. The van der Waals surface area contributed by atoms with Crippen molar-refractivity contribution >= 4 is 17.3 Å². The summed E-state index contributed by atoms with van der Waals surface area (Å²) >= 11 is 5.76. The second-order valence-corrected chi connectivity index (χ2v) is 3.29. The lowest BCUT2D eigenvalue weighted by atomic mass is 10.0. The largest absolute Gasteiger partial charge is 0.398 e. The highest BCUT2D eigenvalue weighted by Crippen LogP contribution is 2.24. The Balaban J connectivity index is 2.91. The molecule has 4 heteroatoms. The zero-order valence-electron chi connectivity index (χ0n) is 7.13.